The number of hydrogen-bond donors (Lipinski definition) is 1. The monoisotopic (exact) mass is 268 g/mol. The van der Waals surface area contributed by atoms with E-state index in [2.05, 4.69) is 61.4 Å². The Morgan fingerprint density at radius 1 is 1.00 bits per heavy atom. The Balaban J connectivity index is 1.99. The Labute approximate surface area is 122 Å². The van der Waals surface area contributed by atoms with Crippen LogP contribution < -0.4 is 5.32 Å². The van der Waals surface area contributed by atoms with Crippen LogP contribution in [0, 0.1) is 0 Å². The molecule has 1 heterocycles. The van der Waals surface area contributed by atoms with Gasteiger partial charge in [0.05, 0.1) is 0 Å². The number of hydrogen-bond acceptors (Lipinski definition) is 2. The first-order chi connectivity index (χ1) is 9.70. The lowest BCUT2D eigenvalue weighted by Gasteiger charge is -2.20. The van der Waals surface area contributed by atoms with Gasteiger partial charge in [0.15, 0.2) is 0 Å². The first-order valence-corrected chi connectivity index (χ1v) is 7.45. The average Bonchev–Trinajstić information content (AvgIpc) is 2.49. The van der Waals surface area contributed by atoms with Crippen molar-refractivity contribution in [3.63, 3.8) is 0 Å². The van der Waals surface area contributed by atoms with Crippen LogP contribution in [0.4, 0.5) is 0 Å². The van der Waals surface area contributed by atoms with Crippen LogP contribution >= 0.6 is 0 Å². The molecule has 1 aromatic heterocycles. The van der Waals surface area contributed by atoms with Crippen LogP contribution in [0.3, 0.4) is 0 Å². The predicted molar refractivity (Wildman–Crippen MR) is 84.6 cm³/mol. The first kappa shape index (κ1) is 14.7. The van der Waals surface area contributed by atoms with Crippen molar-refractivity contribution in [1.29, 1.82) is 0 Å². The molecule has 2 atom stereocenters. The number of nitrogens with zero attached hydrogens (tertiary/aromatic N) is 1. The van der Waals surface area contributed by atoms with Crippen molar-refractivity contribution >= 4 is 0 Å². The Kier molecular flexibility index (Phi) is 5.31. The summed E-state index contributed by atoms with van der Waals surface area (Å²) in [4.78, 5) is 4.18. The highest BCUT2D eigenvalue weighted by molar-refractivity contribution is 5.25. The zero-order valence-corrected chi connectivity index (χ0v) is 12.6. The summed E-state index contributed by atoms with van der Waals surface area (Å²) in [6, 6.07) is 13.7. The molecular formula is C18H24N2. The fraction of sp³-hybridized carbons (Fsp3) is 0.389. The zero-order valence-electron chi connectivity index (χ0n) is 12.6. The molecule has 0 saturated carbocycles. The minimum absolute atomic E-state index is 0.300. The summed E-state index contributed by atoms with van der Waals surface area (Å²) in [5.74, 6) is 0. The van der Waals surface area contributed by atoms with Gasteiger partial charge in [-0.05, 0) is 43.0 Å². The van der Waals surface area contributed by atoms with E-state index < -0.39 is 0 Å². The smallest absolute Gasteiger partial charge is 0.0315 e. The predicted octanol–water partition coefficient (Wildman–Crippen LogP) is 4.45. The third-order valence-corrected chi connectivity index (χ3v) is 3.70. The molecule has 0 saturated heterocycles. The lowest BCUT2D eigenvalue weighted by atomic mass is 10.0. The second-order valence-corrected chi connectivity index (χ2v) is 5.39. The quantitative estimate of drug-likeness (QED) is 0.837. The molecule has 0 aliphatic carbocycles. The summed E-state index contributed by atoms with van der Waals surface area (Å²) < 4.78 is 0. The number of pyridine rings is 1. The van der Waals surface area contributed by atoms with Gasteiger partial charge in [0.1, 0.15) is 0 Å². The van der Waals surface area contributed by atoms with Gasteiger partial charge in [0.25, 0.3) is 0 Å². The van der Waals surface area contributed by atoms with E-state index >= 15 is 0 Å². The van der Waals surface area contributed by atoms with Crippen LogP contribution in [-0.2, 0) is 6.42 Å². The van der Waals surface area contributed by atoms with Crippen LogP contribution in [0.25, 0.3) is 0 Å². The van der Waals surface area contributed by atoms with Gasteiger partial charge in [0.2, 0.25) is 0 Å². The van der Waals surface area contributed by atoms with Gasteiger partial charge < -0.3 is 5.32 Å². The van der Waals surface area contributed by atoms with Crippen molar-refractivity contribution in [2.75, 3.05) is 0 Å². The molecule has 1 N–H and O–H groups in total. The van der Waals surface area contributed by atoms with E-state index in [0.29, 0.717) is 12.1 Å². The Bertz CT molecular complexity index is 505. The van der Waals surface area contributed by atoms with Gasteiger partial charge >= 0.3 is 0 Å². The molecule has 1 aromatic carbocycles. The fourth-order valence-corrected chi connectivity index (χ4v) is 2.46. The molecule has 2 aromatic rings. The summed E-state index contributed by atoms with van der Waals surface area (Å²) in [5.41, 5.74) is 3.98. The van der Waals surface area contributed by atoms with E-state index in [1.165, 1.54) is 23.1 Å². The largest absolute Gasteiger partial charge is 0.304 e. The molecule has 0 aliphatic heterocycles. The summed E-state index contributed by atoms with van der Waals surface area (Å²) in [7, 11) is 0. The molecule has 2 nitrogen and oxygen atoms in total. The maximum atomic E-state index is 4.18. The highest BCUT2D eigenvalue weighted by Gasteiger charge is 2.11. The van der Waals surface area contributed by atoms with Crippen molar-refractivity contribution in [3.8, 4) is 0 Å². The number of aromatic nitrogens is 1. The van der Waals surface area contributed by atoms with Gasteiger partial charge in [-0.15, -0.1) is 0 Å². The van der Waals surface area contributed by atoms with Gasteiger partial charge in [-0.2, -0.15) is 0 Å². The number of benzene rings is 1. The maximum absolute atomic E-state index is 4.18. The summed E-state index contributed by atoms with van der Waals surface area (Å²) in [5, 5.41) is 3.62. The summed E-state index contributed by atoms with van der Waals surface area (Å²) in [6.45, 7) is 6.61. The number of aryl methyl sites for hydroxylation is 1. The molecule has 106 valence electrons. The SMILES string of the molecule is CCCc1ccc(C(C)NC(C)c2cccnc2)cc1. The molecular weight excluding hydrogens is 244 g/mol. The minimum atomic E-state index is 0.300. The van der Waals surface area contributed by atoms with Crippen LogP contribution in [0.1, 0.15) is 56.0 Å². The topological polar surface area (TPSA) is 24.9 Å². The van der Waals surface area contributed by atoms with Crippen molar-refractivity contribution in [2.45, 2.75) is 45.7 Å². The van der Waals surface area contributed by atoms with Gasteiger partial charge in [0, 0.05) is 24.5 Å². The molecule has 20 heavy (non-hydrogen) atoms. The Morgan fingerprint density at radius 3 is 2.30 bits per heavy atom. The van der Waals surface area contributed by atoms with Crippen molar-refractivity contribution in [3.05, 3.63) is 65.5 Å². The molecule has 0 radical (unpaired) electrons. The number of nitrogens with one attached hydrogen (secondary N) is 1. The van der Waals surface area contributed by atoms with E-state index in [1.807, 2.05) is 18.5 Å². The van der Waals surface area contributed by atoms with Gasteiger partial charge in [-0.3, -0.25) is 4.98 Å². The van der Waals surface area contributed by atoms with Crippen molar-refractivity contribution < 1.29 is 0 Å². The van der Waals surface area contributed by atoms with Crippen molar-refractivity contribution in [2.24, 2.45) is 0 Å². The van der Waals surface area contributed by atoms with Gasteiger partial charge in [-0.1, -0.05) is 43.7 Å². The van der Waals surface area contributed by atoms with E-state index in [9.17, 15) is 0 Å². The molecule has 2 rings (SSSR count). The van der Waals surface area contributed by atoms with Crippen LogP contribution in [-0.4, -0.2) is 4.98 Å². The zero-order chi connectivity index (χ0) is 14.4. The molecule has 0 bridgehead atoms. The molecule has 2 heteroatoms. The molecule has 0 aliphatic rings. The fourth-order valence-electron chi connectivity index (χ4n) is 2.46. The molecule has 0 fully saturated rings. The first-order valence-electron chi connectivity index (χ1n) is 7.45. The molecule has 0 amide bonds. The second-order valence-electron chi connectivity index (χ2n) is 5.39. The van der Waals surface area contributed by atoms with E-state index in [1.54, 1.807) is 0 Å². The van der Waals surface area contributed by atoms with E-state index in [0.717, 1.165) is 6.42 Å². The standard InChI is InChI=1S/C18H24N2/c1-4-6-16-8-10-17(11-9-16)14(2)20-15(3)18-7-5-12-19-13-18/h5,7-15,20H,4,6H2,1-3H3. The Morgan fingerprint density at radius 2 is 1.70 bits per heavy atom. The average molecular weight is 268 g/mol. The number of rotatable bonds is 6. The molecule has 0 spiro atoms. The Hall–Kier alpha value is -1.67. The van der Waals surface area contributed by atoms with Gasteiger partial charge in [-0.25, -0.2) is 0 Å². The normalized spacial score (nSPS) is 13.9. The third kappa shape index (κ3) is 3.91. The highest BCUT2D eigenvalue weighted by Crippen LogP contribution is 2.19. The highest BCUT2D eigenvalue weighted by atomic mass is 14.9. The van der Waals surface area contributed by atoms with Crippen molar-refractivity contribution in [1.82, 2.24) is 10.3 Å². The third-order valence-electron chi connectivity index (χ3n) is 3.70. The van der Waals surface area contributed by atoms with Crippen LogP contribution in [0.5, 0.6) is 0 Å². The van der Waals surface area contributed by atoms with E-state index in [-0.39, 0.29) is 0 Å². The lowest BCUT2D eigenvalue weighted by Crippen LogP contribution is -2.22. The lowest BCUT2D eigenvalue weighted by molar-refractivity contribution is 0.493. The molecule has 2 unspecified atom stereocenters. The van der Waals surface area contributed by atoms with Crippen LogP contribution in [0.2, 0.25) is 0 Å². The second kappa shape index (κ2) is 7.20. The summed E-state index contributed by atoms with van der Waals surface area (Å²) in [6.07, 6.45) is 6.10. The summed E-state index contributed by atoms with van der Waals surface area (Å²) >= 11 is 0. The van der Waals surface area contributed by atoms with E-state index in [4.69, 9.17) is 0 Å². The van der Waals surface area contributed by atoms with Crippen LogP contribution in [0.15, 0.2) is 48.8 Å². The minimum Gasteiger partial charge on any atom is -0.304 e. The maximum Gasteiger partial charge on any atom is 0.0315 e.